The monoisotopic (exact) mass is 256 g/mol. The number of carbonyl (C=O) groups is 2. The molecule has 0 saturated heterocycles. The highest BCUT2D eigenvalue weighted by Crippen LogP contribution is 2.18. The van der Waals surface area contributed by atoms with Gasteiger partial charge in [-0.3, -0.25) is 9.79 Å². The van der Waals surface area contributed by atoms with Crippen LogP contribution in [0.25, 0.3) is 0 Å². The first-order valence-corrected chi connectivity index (χ1v) is 6.19. The maximum absolute atomic E-state index is 11.6. The Morgan fingerprint density at radius 2 is 2.28 bits per heavy atom. The predicted octanol–water partition coefficient (Wildman–Crippen LogP) is 0.591. The van der Waals surface area contributed by atoms with Crippen molar-refractivity contribution in [3.63, 3.8) is 0 Å². The molecule has 0 aromatic rings. The van der Waals surface area contributed by atoms with Gasteiger partial charge in [-0.25, -0.2) is 4.79 Å². The molecule has 0 radical (unpaired) electrons. The van der Waals surface area contributed by atoms with E-state index < -0.39 is 12.0 Å². The van der Waals surface area contributed by atoms with Crippen molar-refractivity contribution in [3.8, 4) is 0 Å². The molecule has 0 aromatic heterocycles. The van der Waals surface area contributed by atoms with E-state index in [9.17, 15) is 9.59 Å². The van der Waals surface area contributed by atoms with E-state index in [2.05, 4.69) is 4.99 Å². The van der Waals surface area contributed by atoms with Gasteiger partial charge in [0.05, 0.1) is 6.61 Å². The number of esters is 1. The van der Waals surface area contributed by atoms with Gasteiger partial charge in [0.2, 0.25) is 0 Å². The molecule has 1 rings (SSSR count). The minimum absolute atomic E-state index is 0.206. The average Bonchev–Trinajstić information content (AvgIpc) is 2.74. The second kappa shape index (κ2) is 7.10. The zero-order chi connectivity index (χ0) is 13.5. The fourth-order valence-electron chi connectivity index (χ4n) is 1.76. The molecule has 3 atom stereocenters. The van der Waals surface area contributed by atoms with Crippen LogP contribution in [0.2, 0.25) is 0 Å². The lowest BCUT2D eigenvalue weighted by Gasteiger charge is -2.12. The highest BCUT2D eigenvalue weighted by atomic mass is 16.5. The van der Waals surface area contributed by atoms with Gasteiger partial charge >= 0.3 is 11.9 Å². The first-order chi connectivity index (χ1) is 8.52. The number of aliphatic carboxylic acids is 1. The van der Waals surface area contributed by atoms with Gasteiger partial charge in [-0.1, -0.05) is 6.92 Å². The molecule has 0 fully saturated rings. The predicted molar refractivity (Wildman–Crippen MR) is 66.5 cm³/mol. The zero-order valence-corrected chi connectivity index (χ0v) is 10.5. The van der Waals surface area contributed by atoms with Crippen LogP contribution in [0.1, 0.15) is 32.6 Å². The third kappa shape index (κ3) is 4.44. The fourth-order valence-corrected chi connectivity index (χ4v) is 1.76. The molecule has 0 saturated carbocycles. The molecule has 18 heavy (non-hydrogen) atoms. The number of aliphatic imine (C=N–C) groups is 1. The van der Waals surface area contributed by atoms with Crippen molar-refractivity contribution in [2.45, 2.75) is 44.7 Å². The SMILES string of the molecule is C[C@@H]1CC=N[C@H]1C(=O)OCCCC[C@H](N)C(=O)O. The Labute approximate surface area is 106 Å². The zero-order valence-electron chi connectivity index (χ0n) is 10.5. The maximum atomic E-state index is 11.6. The van der Waals surface area contributed by atoms with Crippen molar-refractivity contribution >= 4 is 18.2 Å². The van der Waals surface area contributed by atoms with Gasteiger partial charge < -0.3 is 15.6 Å². The molecule has 6 heteroatoms. The van der Waals surface area contributed by atoms with Gasteiger partial charge in [0.15, 0.2) is 0 Å². The number of carboxylic acid groups (broad SMARTS) is 1. The first-order valence-electron chi connectivity index (χ1n) is 6.19. The molecule has 0 aliphatic carbocycles. The standard InChI is InChI=1S/C12H20N2O4/c1-8-5-6-14-10(8)12(17)18-7-3-2-4-9(13)11(15)16/h6,8-10H,2-5,7,13H2,1H3,(H,15,16)/t8-,9+,10-/m1/s1. The van der Waals surface area contributed by atoms with E-state index in [4.69, 9.17) is 15.6 Å². The van der Waals surface area contributed by atoms with E-state index in [0.29, 0.717) is 25.9 Å². The van der Waals surface area contributed by atoms with E-state index in [-0.39, 0.29) is 17.9 Å². The number of hydrogen-bond donors (Lipinski definition) is 2. The van der Waals surface area contributed by atoms with Crippen LogP contribution in [0.5, 0.6) is 0 Å². The highest BCUT2D eigenvalue weighted by molar-refractivity contribution is 5.81. The topological polar surface area (TPSA) is 102 Å². The van der Waals surface area contributed by atoms with Gasteiger partial charge in [-0.15, -0.1) is 0 Å². The molecule has 0 spiro atoms. The lowest BCUT2D eigenvalue weighted by Crippen LogP contribution is -2.30. The molecule has 102 valence electrons. The minimum Gasteiger partial charge on any atom is -0.480 e. The molecule has 3 N–H and O–H groups in total. The summed E-state index contributed by atoms with van der Waals surface area (Å²) in [4.78, 5) is 26.1. The van der Waals surface area contributed by atoms with Crippen LogP contribution in [-0.4, -0.2) is 42.0 Å². The fraction of sp³-hybridized carbons (Fsp3) is 0.750. The van der Waals surface area contributed by atoms with Gasteiger partial charge in [0.1, 0.15) is 12.1 Å². The maximum Gasteiger partial charge on any atom is 0.331 e. The minimum atomic E-state index is -0.999. The Bertz CT molecular complexity index is 330. The van der Waals surface area contributed by atoms with E-state index in [0.717, 1.165) is 6.42 Å². The van der Waals surface area contributed by atoms with Crippen molar-refractivity contribution in [1.29, 1.82) is 0 Å². The van der Waals surface area contributed by atoms with Crippen molar-refractivity contribution < 1.29 is 19.4 Å². The molecular formula is C12H20N2O4. The third-order valence-corrected chi connectivity index (χ3v) is 2.99. The lowest BCUT2D eigenvalue weighted by molar-refractivity contribution is -0.146. The number of nitrogens with zero attached hydrogens (tertiary/aromatic N) is 1. The molecule has 0 unspecified atom stereocenters. The Morgan fingerprint density at radius 1 is 1.56 bits per heavy atom. The normalized spacial score (nSPS) is 23.9. The Balaban J connectivity index is 2.09. The first kappa shape index (κ1) is 14.6. The summed E-state index contributed by atoms with van der Waals surface area (Å²) in [6, 6.07) is -1.20. The number of carbonyl (C=O) groups excluding carboxylic acids is 1. The quantitative estimate of drug-likeness (QED) is 0.512. The summed E-state index contributed by atoms with van der Waals surface area (Å²) in [6.07, 6.45) is 4.21. The van der Waals surface area contributed by atoms with Gasteiger partial charge in [-0.2, -0.15) is 0 Å². The Hall–Kier alpha value is -1.43. The van der Waals surface area contributed by atoms with Crippen LogP contribution in [0.15, 0.2) is 4.99 Å². The molecule has 1 aliphatic heterocycles. The van der Waals surface area contributed by atoms with Crippen molar-refractivity contribution in [2.24, 2.45) is 16.6 Å². The van der Waals surface area contributed by atoms with Crippen LogP contribution in [-0.2, 0) is 14.3 Å². The summed E-state index contributed by atoms with van der Waals surface area (Å²) < 4.78 is 5.10. The van der Waals surface area contributed by atoms with Gasteiger partial charge in [-0.05, 0) is 31.6 Å². The molecule has 1 heterocycles. The van der Waals surface area contributed by atoms with Gasteiger partial charge in [0.25, 0.3) is 0 Å². The summed E-state index contributed by atoms with van der Waals surface area (Å²) in [6.45, 7) is 2.26. The highest BCUT2D eigenvalue weighted by Gasteiger charge is 2.28. The Morgan fingerprint density at radius 3 is 2.83 bits per heavy atom. The van der Waals surface area contributed by atoms with Crippen LogP contribution in [0.3, 0.4) is 0 Å². The molecule has 6 nitrogen and oxygen atoms in total. The lowest BCUT2D eigenvalue weighted by atomic mass is 10.0. The second-order valence-corrected chi connectivity index (χ2v) is 4.60. The van der Waals surface area contributed by atoms with Crippen LogP contribution in [0, 0.1) is 5.92 Å². The van der Waals surface area contributed by atoms with Crippen molar-refractivity contribution in [2.75, 3.05) is 6.61 Å². The van der Waals surface area contributed by atoms with Crippen LogP contribution in [0.4, 0.5) is 0 Å². The number of hydrogen-bond acceptors (Lipinski definition) is 5. The van der Waals surface area contributed by atoms with E-state index in [1.165, 1.54) is 0 Å². The molecule has 0 bridgehead atoms. The average molecular weight is 256 g/mol. The molecule has 1 aliphatic rings. The third-order valence-electron chi connectivity index (χ3n) is 2.99. The molecular weight excluding hydrogens is 236 g/mol. The molecule has 0 aromatic carbocycles. The second-order valence-electron chi connectivity index (χ2n) is 4.60. The summed E-state index contributed by atoms with van der Waals surface area (Å²) in [5.41, 5.74) is 5.35. The van der Waals surface area contributed by atoms with Crippen molar-refractivity contribution in [1.82, 2.24) is 0 Å². The number of ether oxygens (including phenoxy) is 1. The summed E-state index contributed by atoms with van der Waals surface area (Å²) >= 11 is 0. The van der Waals surface area contributed by atoms with Crippen LogP contribution < -0.4 is 5.73 Å². The number of carboxylic acids is 1. The van der Waals surface area contributed by atoms with Crippen LogP contribution >= 0.6 is 0 Å². The largest absolute Gasteiger partial charge is 0.480 e. The van der Waals surface area contributed by atoms with E-state index in [1.807, 2.05) is 6.92 Å². The van der Waals surface area contributed by atoms with E-state index in [1.54, 1.807) is 6.21 Å². The van der Waals surface area contributed by atoms with E-state index >= 15 is 0 Å². The Kier molecular flexibility index (Phi) is 5.77. The number of nitrogens with two attached hydrogens (primary N) is 1. The summed E-state index contributed by atoms with van der Waals surface area (Å²) in [5.74, 6) is -1.09. The number of unbranched alkanes of at least 4 members (excludes halogenated alkanes) is 1. The number of rotatable bonds is 7. The molecule has 0 amide bonds. The smallest absolute Gasteiger partial charge is 0.331 e. The van der Waals surface area contributed by atoms with Crippen molar-refractivity contribution in [3.05, 3.63) is 0 Å². The van der Waals surface area contributed by atoms with Gasteiger partial charge in [0, 0.05) is 6.21 Å². The summed E-state index contributed by atoms with van der Waals surface area (Å²) in [7, 11) is 0. The summed E-state index contributed by atoms with van der Waals surface area (Å²) in [5, 5.41) is 8.57.